The molecule has 0 radical (unpaired) electrons. The van der Waals surface area contributed by atoms with E-state index in [1.54, 1.807) is 12.1 Å². The monoisotopic (exact) mass is 283 g/mol. The van der Waals surface area contributed by atoms with Gasteiger partial charge in [-0.15, -0.1) is 0 Å². The van der Waals surface area contributed by atoms with Gasteiger partial charge < -0.3 is 25.0 Å². The Morgan fingerprint density at radius 1 is 1.25 bits per heavy atom. The van der Waals surface area contributed by atoms with Gasteiger partial charge in [-0.3, -0.25) is 0 Å². The third kappa shape index (κ3) is 4.97. The van der Waals surface area contributed by atoms with E-state index in [2.05, 4.69) is 5.32 Å². The number of amides is 1. The van der Waals surface area contributed by atoms with Gasteiger partial charge in [-0.2, -0.15) is 0 Å². The zero-order valence-corrected chi connectivity index (χ0v) is 11.8. The van der Waals surface area contributed by atoms with Crippen LogP contribution in [0.5, 0.6) is 11.5 Å². The zero-order chi connectivity index (χ0) is 15.0. The fraction of sp³-hybridized carbons (Fsp3) is 0.500. The number of benzene rings is 1. The second kappa shape index (κ2) is 8.27. The molecule has 112 valence electrons. The second-order valence-electron chi connectivity index (χ2n) is 4.18. The summed E-state index contributed by atoms with van der Waals surface area (Å²) in [5.41, 5.74) is 0.865. The average Bonchev–Trinajstić information content (AvgIpc) is 2.41. The van der Waals surface area contributed by atoms with Gasteiger partial charge in [0, 0.05) is 0 Å². The largest absolute Gasteiger partial charge is 0.490 e. The number of aliphatic hydroxyl groups is 1. The van der Waals surface area contributed by atoms with Crippen molar-refractivity contribution >= 4 is 6.09 Å². The molecule has 0 spiro atoms. The highest BCUT2D eigenvalue weighted by molar-refractivity contribution is 5.64. The first-order valence-electron chi connectivity index (χ1n) is 6.59. The van der Waals surface area contributed by atoms with Crippen LogP contribution in [0.3, 0.4) is 0 Å². The molecule has 1 aromatic rings. The van der Waals surface area contributed by atoms with E-state index in [4.69, 9.17) is 19.7 Å². The summed E-state index contributed by atoms with van der Waals surface area (Å²) in [5.74, 6) is 1.28. The van der Waals surface area contributed by atoms with Crippen LogP contribution in [0.25, 0.3) is 0 Å². The van der Waals surface area contributed by atoms with Crippen molar-refractivity contribution in [3.05, 3.63) is 23.8 Å². The maximum atomic E-state index is 10.6. The molecule has 1 unspecified atom stereocenters. The van der Waals surface area contributed by atoms with E-state index in [0.717, 1.165) is 5.56 Å². The van der Waals surface area contributed by atoms with Gasteiger partial charge in [0.15, 0.2) is 11.5 Å². The highest BCUT2D eigenvalue weighted by Gasteiger charge is 2.13. The molecule has 0 aliphatic carbocycles. The van der Waals surface area contributed by atoms with Crippen LogP contribution >= 0.6 is 0 Å². The Morgan fingerprint density at radius 2 is 1.90 bits per heavy atom. The Hall–Kier alpha value is -1.95. The summed E-state index contributed by atoms with van der Waals surface area (Å²) in [5, 5.41) is 20.1. The summed E-state index contributed by atoms with van der Waals surface area (Å²) in [4.78, 5) is 10.6. The lowest BCUT2D eigenvalue weighted by Gasteiger charge is -2.16. The highest BCUT2D eigenvalue weighted by atomic mass is 16.5. The zero-order valence-electron chi connectivity index (χ0n) is 11.8. The SMILES string of the molecule is CCOc1ccc(CC(CO)NC(=O)O)cc1OCC. The number of hydrogen-bond acceptors (Lipinski definition) is 4. The molecule has 6 heteroatoms. The lowest BCUT2D eigenvalue weighted by Crippen LogP contribution is -2.38. The van der Waals surface area contributed by atoms with Crippen molar-refractivity contribution in [2.24, 2.45) is 0 Å². The average molecular weight is 283 g/mol. The molecule has 0 aliphatic rings. The minimum Gasteiger partial charge on any atom is -0.490 e. The maximum Gasteiger partial charge on any atom is 0.404 e. The quantitative estimate of drug-likeness (QED) is 0.675. The number of nitrogens with one attached hydrogen (secondary N) is 1. The van der Waals surface area contributed by atoms with Crippen molar-refractivity contribution in [1.82, 2.24) is 5.32 Å². The first-order chi connectivity index (χ1) is 9.60. The normalized spacial score (nSPS) is 11.8. The van der Waals surface area contributed by atoms with E-state index in [0.29, 0.717) is 31.1 Å². The van der Waals surface area contributed by atoms with Gasteiger partial charge in [0.25, 0.3) is 0 Å². The number of carboxylic acid groups (broad SMARTS) is 1. The predicted octanol–water partition coefficient (Wildman–Crippen LogP) is 1.65. The van der Waals surface area contributed by atoms with Crippen molar-refractivity contribution in [3.8, 4) is 11.5 Å². The van der Waals surface area contributed by atoms with Crippen LogP contribution < -0.4 is 14.8 Å². The van der Waals surface area contributed by atoms with Crippen LogP contribution in [0.15, 0.2) is 18.2 Å². The van der Waals surface area contributed by atoms with Crippen LogP contribution in [0, 0.1) is 0 Å². The highest BCUT2D eigenvalue weighted by Crippen LogP contribution is 2.28. The first-order valence-corrected chi connectivity index (χ1v) is 6.59. The van der Waals surface area contributed by atoms with Crippen molar-refractivity contribution in [3.63, 3.8) is 0 Å². The standard InChI is InChI=1S/C14H21NO5/c1-3-19-12-6-5-10(8-13(12)20-4-2)7-11(9-16)15-14(17)18/h5-6,8,11,15-16H,3-4,7,9H2,1-2H3,(H,17,18). The predicted molar refractivity (Wildman–Crippen MR) is 74.5 cm³/mol. The Labute approximate surface area is 118 Å². The third-order valence-corrected chi connectivity index (χ3v) is 2.64. The molecule has 1 aromatic carbocycles. The van der Waals surface area contributed by atoms with Gasteiger partial charge in [-0.05, 0) is 38.0 Å². The number of ether oxygens (including phenoxy) is 2. The van der Waals surface area contributed by atoms with E-state index >= 15 is 0 Å². The summed E-state index contributed by atoms with van der Waals surface area (Å²) < 4.78 is 11.0. The molecule has 0 aromatic heterocycles. The smallest absolute Gasteiger partial charge is 0.404 e. The second-order valence-corrected chi connectivity index (χ2v) is 4.18. The van der Waals surface area contributed by atoms with Gasteiger partial charge in [0.2, 0.25) is 0 Å². The van der Waals surface area contributed by atoms with Gasteiger partial charge in [-0.25, -0.2) is 4.79 Å². The number of carbonyl (C=O) groups is 1. The summed E-state index contributed by atoms with van der Waals surface area (Å²) in [7, 11) is 0. The Kier molecular flexibility index (Phi) is 6.66. The number of hydrogen-bond donors (Lipinski definition) is 3. The van der Waals surface area contributed by atoms with Crippen molar-refractivity contribution in [2.75, 3.05) is 19.8 Å². The molecule has 0 bridgehead atoms. The van der Waals surface area contributed by atoms with Crippen molar-refractivity contribution in [1.29, 1.82) is 0 Å². The molecule has 0 fully saturated rings. The van der Waals surface area contributed by atoms with Crippen LogP contribution in [0.4, 0.5) is 4.79 Å². The summed E-state index contributed by atoms with van der Waals surface area (Å²) in [6.07, 6.45) is -0.769. The summed E-state index contributed by atoms with van der Waals surface area (Å²) in [6, 6.07) is 4.89. The van der Waals surface area contributed by atoms with E-state index in [1.807, 2.05) is 19.9 Å². The van der Waals surface area contributed by atoms with Crippen LogP contribution in [-0.2, 0) is 6.42 Å². The fourth-order valence-electron chi connectivity index (χ4n) is 1.84. The Balaban J connectivity index is 2.84. The van der Waals surface area contributed by atoms with Gasteiger partial charge in [-0.1, -0.05) is 6.07 Å². The van der Waals surface area contributed by atoms with E-state index in [1.165, 1.54) is 0 Å². The molecule has 3 N–H and O–H groups in total. The topological polar surface area (TPSA) is 88.0 Å². The van der Waals surface area contributed by atoms with Crippen LogP contribution in [-0.4, -0.2) is 42.2 Å². The lowest BCUT2D eigenvalue weighted by atomic mass is 10.1. The van der Waals surface area contributed by atoms with Crippen LogP contribution in [0.2, 0.25) is 0 Å². The molecule has 0 heterocycles. The number of aliphatic hydroxyl groups excluding tert-OH is 1. The van der Waals surface area contributed by atoms with E-state index in [9.17, 15) is 4.79 Å². The molecule has 0 aliphatic heterocycles. The first kappa shape index (κ1) is 16.1. The molecule has 1 rings (SSSR count). The Morgan fingerprint density at radius 3 is 2.45 bits per heavy atom. The van der Waals surface area contributed by atoms with Crippen molar-refractivity contribution < 1.29 is 24.5 Å². The fourth-order valence-corrected chi connectivity index (χ4v) is 1.84. The molecule has 1 amide bonds. The van der Waals surface area contributed by atoms with E-state index in [-0.39, 0.29) is 6.61 Å². The molecule has 20 heavy (non-hydrogen) atoms. The molecule has 6 nitrogen and oxygen atoms in total. The maximum absolute atomic E-state index is 10.6. The molecular weight excluding hydrogens is 262 g/mol. The van der Waals surface area contributed by atoms with Crippen molar-refractivity contribution in [2.45, 2.75) is 26.3 Å². The van der Waals surface area contributed by atoms with Gasteiger partial charge >= 0.3 is 6.09 Å². The molecule has 0 saturated carbocycles. The molecule has 1 atom stereocenters. The molecule has 0 saturated heterocycles. The number of rotatable bonds is 8. The van der Waals surface area contributed by atoms with E-state index < -0.39 is 12.1 Å². The minimum atomic E-state index is -1.15. The lowest BCUT2D eigenvalue weighted by molar-refractivity contribution is 0.177. The Bertz CT molecular complexity index is 436. The summed E-state index contributed by atoms with van der Waals surface area (Å²) in [6.45, 7) is 4.57. The minimum absolute atomic E-state index is 0.260. The summed E-state index contributed by atoms with van der Waals surface area (Å²) >= 11 is 0. The molecular formula is C14H21NO5. The van der Waals surface area contributed by atoms with Gasteiger partial charge in [0.1, 0.15) is 0 Å². The third-order valence-electron chi connectivity index (χ3n) is 2.64. The van der Waals surface area contributed by atoms with Crippen LogP contribution in [0.1, 0.15) is 19.4 Å². The van der Waals surface area contributed by atoms with Gasteiger partial charge in [0.05, 0.1) is 25.9 Å².